The largest absolute Gasteiger partial charge is 0.478 e. The number of anilines is 1. The molecule has 0 saturated heterocycles. The van der Waals surface area contributed by atoms with Gasteiger partial charge in [-0.2, -0.15) is 12.6 Å². The second-order valence-electron chi connectivity index (χ2n) is 4.86. The van der Waals surface area contributed by atoms with E-state index in [2.05, 4.69) is 17.9 Å². The Balaban J connectivity index is 1.96. The van der Waals surface area contributed by atoms with Crippen molar-refractivity contribution in [2.75, 3.05) is 5.32 Å². The first-order valence-electron chi connectivity index (χ1n) is 6.91. The summed E-state index contributed by atoms with van der Waals surface area (Å²) in [6, 6.07) is 14.1. The summed E-state index contributed by atoms with van der Waals surface area (Å²) in [6.45, 7) is 0. The van der Waals surface area contributed by atoms with Crippen LogP contribution in [-0.2, 0) is 17.0 Å². The molecule has 0 aliphatic carbocycles. The number of thiol groups is 1. The number of carboxylic acids is 1. The van der Waals surface area contributed by atoms with E-state index in [-0.39, 0.29) is 11.5 Å². The molecule has 5 heteroatoms. The molecule has 2 rings (SSSR count). The van der Waals surface area contributed by atoms with Crippen molar-refractivity contribution in [3.63, 3.8) is 0 Å². The zero-order valence-electron chi connectivity index (χ0n) is 12.0. The average Bonchev–Trinajstić information content (AvgIpc) is 2.53. The van der Waals surface area contributed by atoms with Gasteiger partial charge >= 0.3 is 5.97 Å². The van der Waals surface area contributed by atoms with E-state index in [0.717, 1.165) is 11.1 Å². The highest BCUT2D eigenvalue weighted by Crippen LogP contribution is 2.15. The summed E-state index contributed by atoms with van der Waals surface area (Å²) >= 11 is 4.28. The number of benzene rings is 2. The molecule has 0 heterocycles. The van der Waals surface area contributed by atoms with Gasteiger partial charge in [0.2, 0.25) is 5.91 Å². The highest BCUT2D eigenvalue weighted by molar-refractivity contribution is 7.79. The summed E-state index contributed by atoms with van der Waals surface area (Å²) in [6.07, 6.45) is 0.962. The van der Waals surface area contributed by atoms with Crippen molar-refractivity contribution >= 4 is 30.2 Å². The summed E-state index contributed by atoms with van der Waals surface area (Å²) in [5, 5.41) is 11.7. The van der Waals surface area contributed by atoms with Crippen LogP contribution in [0, 0.1) is 0 Å². The quantitative estimate of drug-likeness (QED) is 0.716. The Kier molecular flexibility index (Phi) is 5.61. The van der Waals surface area contributed by atoms with Gasteiger partial charge in [-0.3, -0.25) is 4.79 Å². The van der Waals surface area contributed by atoms with E-state index in [9.17, 15) is 9.59 Å². The molecule has 0 aromatic heterocycles. The zero-order valence-corrected chi connectivity index (χ0v) is 12.8. The maximum atomic E-state index is 12.0. The summed E-state index contributed by atoms with van der Waals surface area (Å²) in [5.74, 6) is -0.520. The van der Waals surface area contributed by atoms with Gasteiger partial charge in [-0.25, -0.2) is 4.79 Å². The molecular formula is C17H17NO3S. The molecule has 2 aromatic rings. The predicted molar refractivity (Wildman–Crippen MR) is 89.5 cm³/mol. The highest BCUT2D eigenvalue weighted by atomic mass is 32.1. The maximum absolute atomic E-state index is 12.0. The minimum atomic E-state index is -1.01. The molecule has 0 saturated carbocycles. The fourth-order valence-electron chi connectivity index (χ4n) is 2.16. The Labute approximate surface area is 134 Å². The summed E-state index contributed by atoms with van der Waals surface area (Å²) in [4.78, 5) is 22.9. The van der Waals surface area contributed by atoms with Crippen LogP contribution in [0.15, 0.2) is 48.5 Å². The van der Waals surface area contributed by atoms with Gasteiger partial charge in [-0.15, -0.1) is 0 Å². The summed E-state index contributed by atoms with van der Waals surface area (Å²) in [5.41, 5.74) is 2.86. The van der Waals surface area contributed by atoms with Gasteiger partial charge in [0, 0.05) is 17.9 Å². The summed E-state index contributed by atoms with van der Waals surface area (Å²) < 4.78 is 0. The molecule has 0 aliphatic rings. The number of hydrogen-bond acceptors (Lipinski definition) is 3. The lowest BCUT2D eigenvalue weighted by atomic mass is 10.0. The van der Waals surface area contributed by atoms with E-state index in [1.54, 1.807) is 12.1 Å². The van der Waals surface area contributed by atoms with Gasteiger partial charge in [0.05, 0.1) is 5.56 Å². The van der Waals surface area contributed by atoms with E-state index >= 15 is 0 Å². The molecule has 0 radical (unpaired) electrons. The third-order valence-corrected chi connectivity index (χ3v) is 3.64. The maximum Gasteiger partial charge on any atom is 0.335 e. The molecule has 114 valence electrons. The lowest BCUT2D eigenvalue weighted by molar-refractivity contribution is -0.116. The molecule has 22 heavy (non-hydrogen) atoms. The van der Waals surface area contributed by atoms with Crippen LogP contribution < -0.4 is 5.32 Å². The van der Waals surface area contributed by atoms with E-state index in [1.165, 1.54) is 12.1 Å². The number of nitrogens with one attached hydrogen (secondary N) is 1. The number of rotatable bonds is 6. The van der Waals surface area contributed by atoms with Crippen molar-refractivity contribution in [2.45, 2.75) is 18.6 Å². The number of carboxylic acid groups (broad SMARTS) is 1. The lowest BCUT2D eigenvalue weighted by Crippen LogP contribution is -2.13. The summed E-state index contributed by atoms with van der Waals surface area (Å²) in [7, 11) is 0. The van der Waals surface area contributed by atoms with Crippen LogP contribution in [0.1, 0.15) is 27.9 Å². The molecule has 0 spiro atoms. The molecule has 0 unspecified atom stereocenters. The second-order valence-corrected chi connectivity index (χ2v) is 5.18. The Morgan fingerprint density at radius 2 is 1.77 bits per heavy atom. The van der Waals surface area contributed by atoms with Crippen LogP contribution in [0.25, 0.3) is 0 Å². The van der Waals surface area contributed by atoms with Gasteiger partial charge in [-0.05, 0) is 35.7 Å². The average molecular weight is 315 g/mol. The number of carbonyl (C=O) groups is 2. The Morgan fingerprint density at radius 3 is 2.45 bits per heavy atom. The first-order chi connectivity index (χ1) is 10.6. The topological polar surface area (TPSA) is 66.4 Å². The molecule has 0 bridgehead atoms. The minimum Gasteiger partial charge on any atom is -0.478 e. The number of hydrogen-bond donors (Lipinski definition) is 3. The van der Waals surface area contributed by atoms with Gasteiger partial charge in [-0.1, -0.05) is 30.3 Å². The number of aromatic carboxylic acids is 1. The predicted octanol–water partition coefficient (Wildman–Crippen LogP) is 3.39. The standard InChI is InChI=1S/C17H17NO3S/c19-16(9-8-12-4-1-2-5-14(12)11-22)18-15-7-3-6-13(10-15)17(20)21/h1-7,10,22H,8-9,11H2,(H,18,19)(H,20,21). The van der Waals surface area contributed by atoms with Crippen molar-refractivity contribution in [2.24, 2.45) is 0 Å². The fraction of sp³-hybridized carbons (Fsp3) is 0.176. The first kappa shape index (κ1) is 16.1. The molecule has 0 fully saturated rings. The molecule has 0 aliphatic heterocycles. The smallest absolute Gasteiger partial charge is 0.335 e. The minimum absolute atomic E-state index is 0.142. The molecule has 1 amide bonds. The van der Waals surface area contributed by atoms with Crippen LogP contribution in [0.5, 0.6) is 0 Å². The van der Waals surface area contributed by atoms with Crippen LogP contribution in [-0.4, -0.2) is 17.0 Å². The third kappa shape index (κ3) is 4.36. The fourth-order valence-corrected chi connectivity index (χ4v) is 2.47. The van der Waals surface area contributed by atoms with Crippen LogP contribution in [0.4, 0.5) is 5.69 Å². The number of amides is 1. The van der Waals surface area contributed by atoms with Crippen LogP contribution in [0.3, 0.4) is 0 Å². The molecule has 4 nitrogen and oxygen atoms in total. The molecular weight excluding hydrogens is 298 g/mol. The third-order valence-electron chi connectivity index (χ3n) is 3.30. The number of aryl methyl sites for hydroxylation is 1. The zero-order chi connectivity index (χ0) is 15.9. The van der Waals surface area contributed by atoms with Gasteiger partial charge in [0.15, 0.2) is 0 Å². The van der Waals surface area contributed by atoms with Gasteiger partial charge in [0.1, 0.15) is 0 Å². The van der Waals surface area contributed by atoms with E-state index in [4.69, 9.17) is 5.11 Å². The van der Waals surface area contributed by atoms with Crippen LogP contribution in [0.2, 0.25) is 0 Å². The van der Waals surface area contributed by atoms with Crippen molar-refractivity contribution in [1.82, 2.24) is 0 Å². The van der Waals surface area contributed by atoms with Crippen molar-refractivity contribution in [1.29, 1.82) is 0 Å². The Hall–Kier alpha value is -2.27. The number of carbonyl (C=O) groups excluding carboxylic acids is 1. The van der Waals surface area contributed by atoms with Crippen molar-refractivity contribution < 1.29 is 14.7 Å². The monoisotopic (exact) mass is 315 g/mol. The first-order valence-corrected chi connectivity index (χ1v) is 7.54. The SMILES string of the molecule is O=C(CCc1ccccc1CS)Nc1cccc(C(=O)O)c1. The van der Waals surface area contributed by atoms with E-state index in [0.29, 0.717) is 24.3 Å². The van der Waals surface area contributed by atoms with Gasteiger partial charge < -0.3 is 10.4 Å². The second kappa shape index (κ2) is 7.66. The van der Waals surface area contributed by atoms with E-state index in [1.807, 2.05) is 24.3 Å². The van der Waals surface area contributed by atoms with Crippen LogP contribution >= 0.6 is 12.6 Å². The van der Waals surface area contributed by atoms with E-state index < -0.39 is 5.97 Å². The van der Waals surface area contributed by atoms with Crippen molar-refractivity contribution in [3.05, 3.63) is 65.2 Å². The lowest BCUT2D eigenvalue weighted by Gasteiger charge is -2.08. The molecule has 0 atom stereocenters. The Morgan fingerprint density at radius 1 is 1.05 bits per heavy atom. The Bertz CT molecular complexity index is 685. The molecule has 2 aromatic carbocycles. The molecule has 2 N–H and O–H groups in total. The van der Waals surface area contributed by atoms with Gasteiger partial charge in [0.25, 0.3) is 0 Å². The normalized spacial score (nSPS) is 10.2. The van der Waals surface area contributed by atoms with Crippen molar-refractivity contribution in [3.8, 4) is 0 Å². The highest BCUT2D eigenvalue weighted by Gasteiger charge is 2.08.